The minimum absolute atomic E-state index is 0.662. The average Bonchev–Trinajstić information content (AvgIpc) is 2.14. The smallest absolute Gasteiger partial charge is 0.395 e. The molecule has 19 heavy (non-hydrogen) atoms. The van der Waals surface area contributed by atoms with Crippen molar-refractivity contribution in [2.45, 2.75) is 25.1 Å². The summed E-state index contributed by atoms with van der Waals surface area (Å²) in [4.78, 5) is 0. The lowest BCUT2D eigenvalue weighted by Gasteiger charge is -2.35. The molecule has 1 N–H and O–H groups in total. The van der Waals surface area contributed by atoms with Gasteiger partial charge in [-0.15, -0.1) is 4.31 Å². The minimum atomic E-state index is -6.63. The van der Waals surface area contributed by atoms with Gasteiger partial charge in [-0.3, -0.25) is 0 Å². The van der Waals surface area contributed by atoms with Crippen LogP contribution in [0, 0.1) is 0 Å². The molecule has 0 radical (unpaired) electrons. The number of hydrogen-bond acceptors (Lipinski definition) is 3. The molecule has 0 amide bonds. The topological polar surface area (TPSA) is 57.6 Å². The normalized spacial score (nSPS) is 15.1. The van der Waals surface area contributed by atoms with Crippen LogP contribution in [-0.2, 0) is 10.0 Å². The highest BCUT2D eigenvalue weighted by molar-refractivity contribution is 7.89. The molecule has 0 aromatic rings. The van der Waals surface area contributed by atoms with Crippen molar-refractivity contribution in [3.63, 3.8) is 0 Å². The van der Waals surface area contributed by atoms with Gasteiger partial charge in [-0.25, -0.2) is 8.42 Å². The quantitative estimate of drug-likeness (QED) is 0.595. The van der Waals surface area contributed by atoms with Crippen molar-refractivity contribution in [2.75, 3.05) is 18.9 Å². The molecule has 0 heterocycles. The van der Waals surface area contributed by atoms with Crippen LogP contribution in [0.4, 0.5) is 30.7 Å². The average molecular weight is 321 g/mol. The Balaban J connectivity index is 5.74. The van der Waals surface area contributed by atoms with E-state index in [0.717, 1.165) is 0 Å². The minimum Gasteiger partial charge on any atom is -0.395 e. The van der Waals surface area contributed by atoms with E-state index in [-0.39, 0.29) is 0 Å². The largest absolute Gasteiger partial charge is 0.461 e. The fourth-order valence-electron chi connectivity index (χ4n) is 1.12. The Bertz CT molecular complexity index is 405. The summed E-state index contributed by atoms with van der Waals surface area (Å²) in [6.45, 7) is -1.86. The number of rotatable bonds is 6. The molecule has 0 fully saturated rings. The molecule has 0 bridgehead atoms. The third-order valence-corrected chi connectivity index (χ3v) is 3.88. The molecule has 0 atom stereocenters. The van der Waals surface area contributed by atoms with Gasteiger partial charge in [0.1, 0.15) is 0 Å². The maximum Gasteiger partial charge on any atom is 0.461 e. The van der Waals surface area contributed by atoms with E-state index in [2.05, 4.69) is 0 Å². The number of alkyl halides is 7. The van der Waals surface area contributed by atoms with E-state index in [9.17, 15) is 39.2 Å². The van der Waals surface area contributed by atoms with Crippen LogP contribution in [0.3, 0.4) is 0 Å². The molecule has 0 aromatic heterocycles. The molecule has 0 aliphatic rings. The van der Waals surface area contributed by atoms with Crippen molar-refractivity contribution < 1.29 is 44.3 Å². The van der Waals surface area contributed by atoms with Crippen molar-refractivity contribution in [3.8, 4) is 0 Å². The maximum absolute atomic E-state index is 13.2. The monoisotopic (exact) mass is 321 g/mol. The van der Waals surface area contributed by atoms with Gasteiger partial charge in [-0.1, -0.05) is 6.92 Å². The van der Waals surface area contributed by atoms with Gasteiger partial charge in [-0.2, -0.15) is 30.7 Å². The Hall–Kier alpha value is -0.620. The van der Waals surface area contributed by atoms with Crippen molar-refractivity contribution in [3.05, 3.63) is 0 Å². The standard InChI is InChI=1S/C7H10F7NO3S/c1-2-15(19(17,18)4-3-16)7(13,14)5(8,9)6(10,11)12/h16H,2-4H2,1H3. The van der Waals surface area contributed by atoms with Crippen molar-refractivity contribution in [1.82, 2.24) is 4.31 Å². The molecule has 0 aliphatic carbocycles. The fraction of sp³-hybridized carbons (Fsp3) is 1.00. The number of aliphatic hydroxyl groups excluding tert-OH is 1. The first-order valence-corrected chi connectivity index (χ1v) is 6.30. The van der Waals surface area contributed by atoms with E-state index in [4.69, 9.17) is 5.11 Å². The second-order valence-electron chi connectivity index (χ2n) is 3.32. The second-order valence-corrected chi connectivity index (χ2v) is 5.33. The Morgan fingerprint density at radius 2 is 1.47 bits per heavy atom. The first-order chi connectivity index (χ1) is 8.25. The molecule has 0 saturated heterocycles. The summed E-state index contributed by atoms with van der Waals surface area (Å²) < 4.78 is 108. The summed E-state index contributed by atoms with van der Waals surface area (Å²) in [5.74, 6) is -7.96. The highest BCUT2D eigenvalue weighted by atomic mass is 32.2. The van der Waals surface area contributed by atoms with Crippen LogP contribution in [0.5, 0.6) is 0 Å². The molecule has 0 spiro atoms. The van der Waals surface area contributed by atoms with Crippen LogP contribution in [0.2, 0.25) is 0 Å². The van der Waals surface area contributed by atoms with Gasteiger partial charge in [0, 0.05) is 6.54 Å². The van der Waals surface area contributed by atoms with Crippen molar-refractivity contribution in [2.24, 2.45) is 0 Å². The Kier molecular flexibility index (Phi) is 5.23. The lowest BCUT2D eigenvalue weighted by atomic mass is 10.2. The van der Waals surface area contributed by atoms with Gasteiger partial charge < -0.3 is 5.11 Å². The summed E-state index contributed by atoms with van der Waals surface area (Å²) in [6.07, 6.45) is -6.63. The van der Waals surface area contributed by atoms with E-state index in [0.29, 0.717) is 6.92 Å². The molecule has 0 saturated carbocycles. The number of nitrogens with zero attached hydrogens (tertiary/aromatic N) is 1. The number of hydrogen-bond donors (Lipinski definition) is 1. The summed E-state index contributed by atoms with van der Waals surface area (Å²) in [6, 6.07) is -5.99. The summed E-state index contributed by atoms with van der Waals surface area (Å²) in [5, 5.41) is 8.31. The predicted molar refractivity (Wildman–Crippen MR) is 49.2 cm³/mol. The van der Waals surface area contributed by atoms with E-state index >= 15 is 0 Å². The molecule has 0 aliphatic heterocycles. The summed E-state index contributed by atoms with van der Waals surface area (Å²) in [7, 11) is -5.17. The van der Waals surface area contributed by atoms with Crippen molar-refractivity contribution in [1.29, 1.82) is 0 Å². The van der Waals surface area contributed by atoms with Crippen LogP contribution < -0.4 is 0 Å². The van der Waals surface area contributed by atoms with E-state index < -0.39 is 51.4 Å². The van der Waals surface area contributed by atoms with Crippen LogP contribution in [0.25, 0.3) is 0 Å². The van der Waals surface area contributed by atoms with Crippen LogP contribution >= 0.6 is 0 Å². The van der Waals surface area contributed by atoms with E-state index in [1.54, 1.807) is 0 Å². The number of halogens is 7. The Labute approximate surface area is 103 Å². The lowest BCUT2D eigenvalue weighted by Crippen LogP contribution is -2.62. The molecule has 0 rings (SSSR count). The van der Waals surface area contributed by atoms with Crippen molar-refractivity contribution >= 4 is 10.0 Å². The SMILES string of the molecule is CCN(C(F)(F)C(F)(F)C(F)(F)F)S(=O)(=O)CCO. The van der Waals surface area contributed by atoms with Crippen LogP contribution in [0.1, 0.15) is 6.92 Å². The van der Waals surface area contributed by atoms with Gasteiger partial charge in [0.05, 0.1) is 12.4 Å². The highest BCUT2D eigenvalue weighted by Gasteiger charge is 2.76. The molecule has 12 heteroatoms. The lowest BCUT2D eigenvalue weighted by molar-refractivity contribution is -0.377. The van der Waals surface area contributed by atoms with Gasteiger partial charge in [-0.05, 0) is 0 Å². The van der Waals surface area contributed by atoms with E-state index in [1.165, 1.54) is 0 Å². The summed E-state index contributed by atoms with van der Waals surface area (Å²) in [5.41, 5.74) is 0. The zero-order valence-electron chi connectivity index (χ0n) is 9.39. The first-order valence-electron chi connectivity index (χ1n) is 4.69. The molecule has 0 unspecified atom stereocenters. The third-order valence-electron chi connectivity index (χ3n) is 2.02. The zero-order chi connectivity index (χ0) is 15.7. The first kappa shape index (κ1) is 18.4. The molecule has 116 valence electrons. The summed E-state index contributed by atoms with van der Waals surface area (Å²) >= 11 is 0. The third kappa shape index (κ3) is 3.28. The van der Waals surface area contributed by atoms with Gasteiger partial charge in [0.15, 0.2) is 0 Å². The maximum atomic E-state index is 13.2. The number of sulfonamides is 1. The second kappa shape index (κ2) is 5.40. The van der Waals surface area contributed by atoms with Gasteiger partial charge in [0.2, 0.25) is 10.0 Å². The van der Waals surface area contributed by atoms with Gasteiger partial charge >= 0.3 is 18.1 Å². The molecule has 4 nitrogen and oxygen atoms in total. The Morgan fingerprint density at radius 3 is 1.74 bits per heavy atom. The van der Waals surface area contributed by atoms with Crippen LogP contribution in [0.15, 0.2) is 0 Å². The molecular weight excluding hydrogens is 311 g/mol. The molecule has 0 aromatic carbocycles. The highest BCUT2D eigenvalue weighted by Crippen LogP contribution is 2.48. The Morgan fingerprint density at radius 1 is 1.05 bits per heavy atom. The predicted octanol–water partition coefficient (Wildman–Crippen LogP) is 1.42. The molecular formula is C7H10F7NO3S. The number of aliphatic hydroxyl groups is 1. The zero-order valence-corrected chi connectivity index (χ0v) is 10.2. The fourth-order valence-corrected chi connectivity index (χ4v) is 2.43. The van der Waals surface area contributed by atoms with Gasteiger partial charge in [0.25, 0.3) is 0 Å². The van der Waals surface area contributed by atoms with E-state index in [1.807, 2.05) is 0 Å². The van der Waals surface area contributed by atoms with Crippen LogP contribution in [-0.4, -0.2) is 54.9 Å².